The van der Waals surface area contributed by atoms with Gasteiger partial charge in [-0.3, -0.25) is 9.89 Å². The second-order valence-corrected chi connectivity index (χ2v) is 8.36. The summed E-state index contributed by atoms with van der Waals surface area (Å²) < 4.78 is 11.7. The fraction of sp³-hybridized carbons (Fsp3) is 0.789. The third-order valence-corrected chi connectivity index (χ3v) is 3.82. The third-order valence-electron chi connectivity index (χ3n) is 3.82. The zero-order chi connectivity index (χ0) is 18.4. The highest BCUT2D eigenvalue weighted by molar-refractivity contribution is 5.74. The Kier molecular flexibility index (Phi) is 7.61. The van der Waals surface area contributed by atoms with Crippen LogP contribution < -0.4 is 0 Å². The van der Waals surface area contributed by atoms with Crippen molar-refractivity contribution in [3.8, 4) is 0 Å². The summed E-state index contributed by atoms with van der Waals surface area (Å²) in [7, 11) is 0. The Morgan fingerprint density at radius 1 is 1.25 bits per heavy atom. The molecule has 1 heterocycles. The van der Waals surface area contributed by atoms with E-state index in [0.717, 1.165) is 38.4 Å². The van der Waals surface area contributed by atoms with E-state index in [-0.39, 0.29) is 17.1 Å². The first kappa shape index (κ1) is 20.8. The molecule has 0 radical (unpaired) electrons. The average Bonchev–Trinajstić information content (AvgIpc) is 2.83. The van der Waals surface area contributed by atoms with Crippen LogP contribution in [0.15, 0.2) is 21.9 Å². The fourth-order valence-electron chi connectivity index (χ4n) is 2.47. The van der Waals surface area contributed by atoms with E-state index in [1.807, 2.05) is 6.92 Å². The molecule has 0 N–H and O–H groups in total. The first-order valence-corrected chi connectivity index (χ1v) is 8.76. The SMILES string of the molecule is C=N/C(=C\N=C(/C)O[C@@H]1CCN(CCOC(C)(C)C)C1)C(C)(C)C. The molecule has 0 saturated carbocycles. The quantitative estimate of drug-likeness (QED) is 0.545. The van der Waals surface area contributed by atoms with Gasteiger partial charge >= 0.3 is 0 Å². The Morgan fingerprint density at radius 2 is 1.92 bits per heavy atom. The van der Waals surface area contributed by atoms with E-state index in [0.29, 0.717) is 5.90 Å². The maximum absolute atomic E-state index is 5.96. The smallest absolute Gasteiger partial charge is 0.184 e. The molecule has 1 aliphatic heterocycles. The minimum Gasteiger partial charge on any atom is -0.476 e. The van der Waals surface area contributed by atoms with E-state index < -0.39 is 0 Å². The van der Waals surface area contributed by atoms with Crippen molar-refractivity contribution in [2.45, 2.75) is 66.6 Å². The van der Waals surface area contributed by atoms with Crippen LogP contribution in [0.2, 0.25) is 0 Å². The molecule has 0 amide bonds. The van der Waals surface area contributed by atoms with Gasteiger partial charge in [-0.15, -0.1) is 0 Å². The van der Waals surface area contributed by atoms with Gasteiger partial charge in [0.05, 0.1) is 24.1 Å². The number of hydrogen-bond acceptors (Lipinski definition) is 5. The Balaban J connectivity index is 2.43. The monoisotopic (exact) mass is 337 g/mol. The van der Waals surface area contributed by atoms with E-state index in [4.69, 9.17) is 9.47 Å². The van der Waals surface area contributed by atoms with E-state index in [1.54, 1.807) is 6.20 Å². The van der Waals surface area contributed by atoms with Crippen LogP contribution in [0.1, 0.15) is 54.9 Å². The normalized spacial score (nSPS) is 21.2. The van der Waals surface area contributed by atoms with Gasteiger partial charge in [-0.25, -0.2) is 4.99 Å². The Hall–Kier alpha value is -1.20. The minimum atomic E-state index is -0.0742. The van der Waals surface area contributed by atoms with E-state index in [1.165, 1.54) is 0 Å². The largest absolute Gasteiger partial charge is 0.476 e. The first-order chi connectivity index (χ1) is 11.0. The summed E-state index contributed by atoms with van der Waals surface area (Å²) >= 11 is 0. The number of rotatable bonds is 6. The number of ether oxygens (including phenoxy) is 2. The van der Waals surface area contributed by atoms with Gasteiger partial charge in [0.25, 0.3) is 0 Å². The van der Waals surface area contributed by atoms with Crippen molar-refractivity contribution < 1.29 is 9.47 Å². The molecule has 1 rings (SSSR count). The molecule has 0 aromatic rings. The lowest BCUT2D eigenvalue weighted by atomic mass is 9.93. The zero-order valence-electron chi connectivity index (χ0n) is 16.6. The van der Waals surface area contributed by atoms with Crippen LogP contribution in [0.5, 0.6) is 0 Å². The lowest BCUT2D eigenvalue weighted by Crippen LogP contribution is -2.30. The molecule has 5 heteroatoms. The van der Waals surface area contributed by atoms with Crippen molar-refractivity contribution in [3.05, 3.63) is 11.9 Å². The molecule has 1 saturated heterocycles. The van der Waals surface area contributed by atoms with Crippen molar-refractivity contribution in [3.63, 3.8) is 0 Å². The van der Waals surface area contributed by atoms with Gasteiger partial charge in [-0.2, -0.15) is 0 Å². The Morgan fingerprint density at radius 3 is 2.46 bits per heavy atom. The van der Waals surface area contributed by atoms with Gasteiger partial charge in [0.15, 0.2) is 5.90 Å². The molecular formula is C19H35N3O2. The van der Waals surface area contributed by atoms with Crippen molar-refractivity contribution in [1.29, 1.82) is 0 Å². The molecule has 0 bridgehead atoms. The zero-order valence-corrected chi connectivity index (χ0v) is 16.6. The van der Waals surface area contributed by atoms with Crippen LogP contribution in [0, 0.1) is 5.41 Å². The van der Waals surface area contributed by atoms with Crippen LogP contribution in [-0.2, 0) is 9.47 Å². The molecule has 138 valence electrons. The summed E-state index contributed by atoms with van der Waals surface area (Å²) in [5.41, 5.74) is 0.718. The predicted octanol–water partition coefficient (Wildman–Crippen LogP) is 3.90. The first-order valence-electron chi connectivity index (χ1n) is 8.76. The molecular weight excluding hydrogens is 302 g/mol. The van der Waals surface area contributed by atoms with Gasteiger partial charge < -0.3 is 9.47 Å². The maximum Gasteiger partial charge on any atom is 0.184 e. The summed E-state index contributed by atoms with van der Waals surface area (Å²) in [6.07, 6.45) is 2.98. The summed E-state index contributed by atoms with van der Waals surface area (Å²) in [6, 6.07) is 0. The number of allylic oxidation sites excluding steroid dienone is 1. The lowest BCUT2D eigenvalue weighted by molar-refractivity contribution is -0.0117. The highest BCUT2D eigenvalue weighted by Crippen LogP contribution is 2.25. The predicted molar refractivity (Wildman–Crippen MR) is 102 cm³/mol. The molecule has 0 aromatic carbocycles. The highest BCUT2D eigenvalue weighted by Gasteiger charge is 2.24. The molecule has 0 aliphatic carbocycles. The van der Waals surface area contributed by atoms with Crippen LogP contribution in [0.4, 0.5) is 0 Å². The van der Waals surface area contributed by atoms with E-state index >= 15 is 0 Å². The number of aliphatic imine (C=N–C) groups is 2. The third kappa shape index (κ3) is 8.06. The summed E-state index contributed by atoms with van der Waals surface area (Å²) in [5, 5.41) is 0. The highest BCUT2D eigenvalue weighted by atomic mass is 16.5. The summed E-state index contributed by atoms with van der Waals surface area (Å²) in [6.45, 7) is 21.7. The van der Waals surface area contributed by atoms with Crippen LogP contribution in [0.3, 0.4) is 0 Å². The van der Waals surface area contributed by atoms with E-state index in [9.17, 15) is 0 Å². The fourth-order valence-corrected chi connectivity index (χ4v) is 2.47. The number of hydrogen-bond donors (Lipinski definition) is 0. The number of nitrogens with zero attached hydrogens (tertiary/aromatic N) is 3. The van der Waals surface area contributed by atoms with Crippen molar-refractivity contribution >= 4 is 12.6 Å². The van der Waals surface area contributed by atoms with Gasteiger partial charge in [-0.1, -0.05) is 20.8 Å². The molecule has 0 spiro atoms. The molecule has 5 nitrogen and oxygen atoms in total. The van der Waals surface area contributed by atoms with Crippen molar-refractivity contribution in [1.82, 2.24) is 4.90 Å². The number of likely N-dealkylation sites (tertiary alicyclic amines) is 1. The lowest BCUT2D eigenvalue weighted by Gasteiger charge is -2.22. The molecule has 1 atom stereocenters. The Bertz CT molecular complexity index is 470. The Labute approximate surface area is 147 Å². The standard InChI is InChI=1S/C19H35N3O2/c1-15(21-13-17(20-8)18(2,3)4)24-16-9-10-22(14-16)11-12-23-19(5,6)7/h13,16H,8-12,14H2,1-7H3/b17-13-,21-15+/t16-/m1/s1. The van der Waals surface area contributed by atoms with Crippen LogP contribution in [-0.4, -0.2) is 55.5 Å². The van der Waals surface area contributed by atoms with Crippen LogP contribution in [0.25, 0.3) is 0 Å². The van der Waals surface area contributed by atoms with Gasteiger partial charge in [0.1, 0.15) is 6.10 Å². The van der Waals surface area contributed by atoms with Crippen molar-refractivity contribution in [2.24, 2.45) is 15.4 Å². The van der Waals surface area contributed by atoms with Crippen LogP contribution >= 0.6 is 0 Å². The average molecular weight is 338 g/mol. The van der Waals surface area contributed by atoms with Crippen molar-refractivity contribution in [2.75, 3.05) is 26.2 Å². The topological polar surface area (TPSA) is 46.4 Å². The maximum atomic E-state index is 5.96. The minimum absolute atomic E-state index is 0.0667. The molecule has 1 aliphatic rings. The molecule has 1 fully saturated rings. The molecule has 24 heavy (non-hydrogen) atoms. The summed E-state index contributed by atoms with van der Waals surface area (Å²) in [4.78, 5) is 10.8. The van der Waals surface area contributed by atoms with E-state index in [2.05, 4.69) is 63.1 Å². The van der Waals surface area contributed by atoms with Gasteiger partial charge in [-0.05, 0) is 33.9 Å². The van der Waals surface area contributed by atoms with Gasteiger partial charge in [0, 0.05) is 32.0 Å². The van der Waals surface area contributed by atoms with Gasteiger partial charge in [0.2, 0.25) is 0 Å². The second-order valence-electron chi connectivity index (χ2n) is 8.36. The molecule has 0 unspecified atom stereocenters. The summed E-state index contributed by atoms with van der Waals surface area (Å²) in [5.74, 6) is 0.679. The molecule has 0 aromatic heterocycles. The second kappa shape index (κ2) is 8.77.